The lowest BCUT2D eigenvalue weighted by molar-refractivity contribution is -0.388. The SMILES string of the molecule is CC1CCC(Nc2ccc([N+](=O)[O-])c(C(F)(F)F)c2)CC1. The van der Waals surface area contributed by atoms with Crippen molar-refractivity contribution in [2.24, 2.45) is 5.92 Å². The highest BCUT2D eigenvalue weighted by atomic mass is 19.4. The monoisotopic (exact) mass is 302 g/mol. The van der Waals surface area contributed by atoms with Gasteiger partial charge in [-0.1, -0.05) is 6.92 Å². The van der Waals surface area contributed by atoms with Crippen LogP contribution in [0.25, 0.3) is 0 Å². The van der Waals surface area contributed by atoms with Crippen LogP contribution in [-0.2, 0) is 6.18 Å². The van der Waals surface area contributed by atoms with Crippen molar-refractivity contribution in [2.75, 3.05) is 5.32 Å². The molecule has 0 saturated heterocycles. The van der Waals surface area contributed by atoms with Crippen molar-refractivity contribution in [3.63, 3.8) is 0 Å². The summed E-state index contributed by atoms with van der Waals surface area (Å²) < 4.78 is 38.7. The van der Waals surface area contributed by atoms with Crippen LogP contribution in [0, 0.1) is 16.0 Å². The number of nitro groups is 1. The van der Waals surface area contributed by atoms with E-state index in [1.54, 1.807) is 0 Å². The highest BCUT2D eigenvalue weighted by Crippen LogP contribution is 2.38. The van der Waals surface area contributed by atoms with Gasteiger partial charge in [0.05, 0.1) is 4.92 Å². The molecule has 2 rings (SSSR count). The topological polar surface area (TPSA) is 55.2 Å². The van der Waals surface area contributed by atoms with E-state index in [1.807, 2.05) is 0 Å². The maximum Gasteiger partial charge on any atom is 0.423 e. The van der Waals surface area contributed by atoms with Crippen LogP contribution in [0.4, 0.5) is 24.5 Å². The molecule has 0 bridgehead atoms. The van der Waals surface area contributed by atoms with Crippen LogP contribution in [0.15, 0.2) is 18.2 Å². The molecule has 1 aromatic rings. The van der Waals surface area contributed by atoms with E-state index < -0.39 is 22.4 Å². The fourth-order valence-electron chi connectivity index (χ4n) is 2.65. The number of halogens is 3. The Morgan fingerprint density at radius 1 is 1.24 bits per heavy atom. The largest absolute Gasteiger partial charge is 0.423 e. The van der Waals surface area contributed by atoms with Crippen molar-refractivity contribution < 1.29 is 18.1 Å². The van der Waals surface area contributed by atoms with Crippen molar-refractivity contribution in [2.45, 2.75) is 44.8 Å². The van der Waals surface area contributed by atoms with Crippen molar-refractivity contribution in [3.8, 4) is 0 Å². The van der Waals surface area contributed by atoms with Gasteiger partial charge in [0.25, 0.3) is 5.69 Å². The second-order valence-electron chi connectivity index (χ2n) is 5.59. The third-order valence-corrected chi connectivity index (χ3v) is 3.89. The van der Waals surface area contributed by atoms with Crippen LogP contribution < -0.4 is 5.32 Å². The predicted molar refractivity (Wildman–Crippen MR) is 73.1 cm³/mol. The summed E-state index contributed by atoms with van der Waals surface area (Å²) in [6.45, 7) is 2.16. The van der Waals surface area contributed by atoms with E-state index in [1.165, 1.54) is 6.07 Å². The first-order chi connectivity index (χ1) is 9.77. The van der Waals surface area contributed by atoms with Gasteiger partial charge in [0.1, 0.15) is 5.56 Å². The molecule has 21 heavy (non-hydrogen) atoms. The Balaban J connectivity index is 2.20. The first kappa shape index (κ1) is 15.6. The van der Waals surface area contributed by atoms with Crippen molar-refractivity contribution in [1.29, 1.82) is 0 Å². The molecule has 1 aliphatic rings. The Hall–Kier alpha value is -1.79. The van der Waals surface area contributed by atoms with Crippen LogP contribution in [0.1, 0.15) is 38.2 Å². The van der Waals surface area contributed by atoms with E-state index in [2.05, 4.69) is 12.2 Å². The molecule has 0 unspecified atom stereocenters. The van der Waals surface area contributed by atoms with Gasteiger partial charge in [0, 0.05) is 17.8 Å². The van der Waals surface area contributed by atoms with Crippen LogP contribution in [0.5, 0.6) is 0 Å². The number of nitrogens with zero attached hydrogens (tertiary/aromatic N) is 1. The highest BCUT2D eigenvalue weighted by Gasteiger charge is 2.38. The summed E-state index contributed by atoms with van der Waals surface area (Å²) in [5.74, 6) is 0.644. The summed E-state index contributed by atoms with van der Waals surface area (Å²) in [6, 6.07) is 3.21. The zero-order valence-electron chi connectivity index (χ0n) is 11.6. The Labute approximate surface area is 120 Å². The van der Waals surface area contributed by atoms with E-state index in [0.29, 0.717) is 5.92 Å². The normalized spacial score (nSPS) is 22.9. The lowest BCUT2D eigenvalue weighted by Crippen LogP contribution is -2.25. The first-order valence-corrected chi connectivity index (χ1v) is 6.89. The number of benzene rings is 1. The minimum Gasteiger partial charge on any atom is -0.382 e. The molecule has 7 heteroatoms. The molecule has 1 saturated carbocycles. The van der Waals surface area contributed by atoms with E-state index in [-0.39, 0.29) is 11.7 Å². The highest BCUT2D eigenvalue weighted by molar-refractivity contribution is 5.55. The lowest BCUT2D eigenvalue weighted by atomic mass is 9.87. The minimum absolute atomic E-state index is 0.128. The standard InChI is InChI=1S/C14H17F3N2O2/c1-9-2-4-10(5-3-9)18-11-6-7-13(19(20)21)12(8-11)14(15,16)17/h6-10,18H,2-5H2,1H3. The van der Waals surface area contributed by atoms with Gasteiger partial charge in [-0.2, -0.15) is 13.2 Å². The average Bonchev–Trinajstić information content (AvgIpc) is 2.40. The smallest absolute Gasteiger partial charge is 0.382 e. The van der Waals surface area contributed by atoms with E-state index >= 15 is 0 Å². The summed E-state index contributed by atoms with van der Waals surface area (Å²) in [5.41, 5.74) is -1.83. The zero-order chi connectivity index (χ0) is 15.6. The zero-order valence-corrected chi connectivity index (χ0v) is 11.6. The van der Waals surface area contributed by atoms with Gasteiger partial charge in [0.15, 0.2) is 0 Å². The predicted octanol–water partition coefficient (Wildman–Crippen LogP) is 4.60. The fraction of sp³-hybridized carbons (Fsp3) is 0.571. The van der Waals surface area contributed by atoms with Crippen LogP contribution in [0.3, 0.4) is 0 Å². The molecule has 0 heterocycles. The minimum atomic E-state index is -4.73. The van der Waals surface area contributed by atoms with Gasteiger partial charge in [-0.05, 0) is 43.7 Å². The maximum atomic E-state index is 12.9. The number of alkyl halides is 3. The van der Waals surface area contributed by atoms with Crippen molar-refractivity contribution in [3.05, 3.63) is 33.9 Å². The van der Waals surface area contributed by atoms with Crippen molar-refractivity contribution in [1.82, 2.24) is 0 Å². The molecular weight excluding hydrogens is 285 g/mol. The summed E-state index contributed by atoms with van der Waals surface area (Å²) in [4.78, 5) is 9.69. The number of rotatable bonds is 3. The number of nitrogens with one attached hydrogen (secondary N) is 1. The molecule has 1 fully saturated rings. The number of hydrogen-bond acceptors (Lipinski definition) is 3. The number of nitro benzene ring substituents is 1. The first-order valence-electron chi connectivity index (χ1n) is 6.89. The molecule has 1 N–H and O–H groups in total. The average molecular weight is 302 g/mol. The number of anilines is 1. The van der Waals surface area contributed by atoms with Gasteiger partial charge >= 0.3 is 6.18 Å². The maximum absolute atomic E-state index is 12.9. The second-order valence-corrected chi connectivity index (χ2v) is 5.59. The molecular formula is C14H17F3N2O2. The summed E-state index contributed by atoms with van der Waals surface area (Å²) in [6.07, 6.45) is -0.853. The third kappa shape index (κ3) is 3.86. The third-order valence-electron chi connectivity index (χ3n) is 3.89. The molecule has 4 nitrogen and oxygen atoms in total. The molecule has 0 aromatic heterocycles. The molecule has 1 aliphatic carbocycles. The molecule has 1 aromatic carbocycles. The molecule has 0 aliphatic heterocycles. The quantitative estimate of drug-likeness (QED) is 0.655. The summed E-state index contributed by atoms with van der Waals surface area (Å²) in [7, 11) is 0. The molecule has 0 amide bonds. The van der Waals surface area contributed by atoms with Gasteiger partial charge in [-0.15, -0.1) is 0 Å². The molecule has 0 radical (unpaired) electrons. The second kappa shape index (κ2) is 5.91. The van der Waals surface area contributed by atoms with Gasteiger partial charge in [-0.25, -0.2) is 0 Å². The van der Waals surface area contributed by atoms with Gasteiger partial charge < -0.3 is 5.32 Å². The van der Waals surface area contributed by atoms with E-state index in [4.69, 9.17) is 0 Å². The summed E-state index contributed by atoms with van der Waals surface area (Å²) >= 11 is 0. The number of hydrogen-bond donors (Lipinski definition) is 1. The Morgan fingerprint density at radius 3 is 2.38 bits per heavy atom. The van der Waals surface area contributed by atoms with Crippen molar-refractivity contribution >= 4 is 11.4 Å². The Morgan fingerprint density at radius 2 is 1.86 bits per heavy atom. The van der Waals surface area contributed by atoms with E-state index in [0.717, 1.165) is 37.8 Å². The van der Waals surface area contributed by atoms with E-state index in [9.17, 15) is 23.3 Å². The van der Waals surface area contributed by atoms with Crippen LogP contribution in [0.2, 0.25) is 0 Å². The summed E-state index contributed by atoms with van der Waals surface area (Å²) in [5, 5.41) is 13.7. The molecule has 0 spiro atoms. The Bertz CT molecular complexity index is 523. The lowest BCUT2D eigenvalue weighted by Gasteiger charge is -2.27. The van der Waals surface area contributed by atoms with Crippen LogP contribution in [-0.4, -0.2) is 11.0 Å². The van der Waals surface area contributed by atoms with Gasteiger partial charge in [0.2, 0.25) is 0 Å². The fourth-order valence-corrected chi connectivity index (χ4v) is 2.65. The molecule has 0 atom stereocenters. The van der Waals surface area contributed by atoms with Gasteiger partial charge in [-0.3, -0.25) is 10.1 Å². The molecule has 116 valence electrons. The van der Waals surface area contributed by atoms with Crippen LogP contribution >= 0.6 is 0 Å². The Kier molecular flexibility index (Phi) is 4.39.